The van der Waals surface area contributed by atoms with Gasteiger partial charge in [0, 0.05) is 38.8 Å². The molecule has 2 rings (SSSR count). The SMILES string of the molecule is Cl.Cl.NCCCCCCC(=O)N1CCN(c2cccnn2)CC1. The summed E-state index contributed by atoms with van der Waals surface area (Å²) in [4.78, 5) is 16.3. The summed E-state index contributed by atoms with van der Waals surface area (Å²) < 4.78 is 0. The highest BCUT2D eigenvalue weighted by Crippen LogP contribution is 2.13. The lowest BCUT2D eigenvalue weighted by Gasteiger charge is -2.35. The average Bonchev–Trinajstić information content (AvgIpc) is 2.55. The summed E-state index contributed by atoms with van der Waals surface area (Å²) in [5.41, 5.74) is 5.46. The van der Waals surface area contributed by atoms with Gasteiger partial charge in [0.05, 0.1) is 0 Å². The number of anilines is 1. The predicted molar refractivity (Wildman–Crippen MR) is 97.5 cm³/mol. The zero-order chi connectivity index (χ0) is 14.9. The number of hydrogen-bond donors (Lipinski definition) is 1. The van der Waals surface area contributed by atoms with Crippen molar-refractivity contribution >= 4 is 36.5 Å². The first kappa shape index (κ1) is 21.9. The van der Waals surface area contributed by atoms with Crippen molar-refractivity contribution in [2.24, 2.45) is 5.73 Å². The molecule has 8 heteroatoms. The molecule has 0 aromatic carbocycles. The van der Waals surface area contributed by atoms with Crippen LogP contribution in [0.15, 0.2) is 18.3 Å². The van der Waals surface area contributed by atoms with Gasteiger partial charge in [-0.15, -0.1) is 29.9 Å². The molecular formula is C15H27Cl2N5O. The predicted octanol–water partition coefficient (Wildman–Crippen LogP) is 1.88. The summed E-state index contributed by atoms with van der Waals surface area (Å²) in [5.74, 6) is 1.17. The standard InChI is InChI=1S/C15H25N5O.2ClH/c16-8-4-2-1-3-7-15(21)20-12-10-19(11-13-20)14-6-5-9-17-18-14;;/h5-6,9H,1-4,7-8,10-13,16H2;2*1H. The molecule has 1 aromatic rings. The van der Waals surface area contributed by atoms with Gasteiger partial charge in [-0.1, -0.05) is 12.8 Å². The Kier molecular flexibility index (Phi) is 11.7. The third-order valence-electron chi connectivity index (χ3n) is 3.86. The molecule has 1 aromatic heterocycles. The average molecular weight is 364 g/mol. The lowest BCUT2D eigenvalue weighted by atomic mass is 10.1. The number of nitrogens with zero attached hydrogens (tertiary/aromatic N) is 4. The van der Waals surface area contributed by atoms with Gasteiger partial charge in [-0.05, 0) is 31.5 Å². The third kappa shape index (κ3) is 7.33. The number of halogens is 2. The van der Waals surface area contributed by atoms with Gasteiger partial charge in [-0.2, -0.15) is 5.10 Å². The van der Waals surface area contributed by atoms with E-state index in [1.54, 1.807) is 6.20 Å². The van der Waals surface area contributed by atoms with E-state index in [9.17, 15) is 4.79 Å². The smallest absolute Gasteiger partial charge is 0.222 e. The number of carbonyl (C=O) groups excluding carboxylic acids is 1. The van der Waals surface area contributed by atoms with Crippen LogP contribution in [0.4, 0.5) is 5.82 Å². The fraction of sp³-hybridized carbons (Fsp3) is 0.667. The van der Waals surface area contributed by atoms with Crippen LogP contribution in [0.2, 0.25) is 0 Å². The summed E-state index contributed by atoms with van der Waals surface area (Å²) in [6.45, 7) is 3.96. The Bertz CT molecular complexity index is 427. The third-order valence-corrected chi connectivity index (χ3v) is 3.86. The molecule has 6 nitrogen and oxygen atoms in total. The van der Waals surface area contributed by atoms with Crippen LogP contribution < -0.4 is 10.6 Å². The summed E-state index contributed by atoms with van der Waals surface area (Å²) in [6.07, 6.45) is 6.60. The van der Waals surface area contributed by atoms with Gasteiger partial charge in [0.15, 0.2) is 5.82 Å². The number of carbonyl (C=O) groups is 1. The maximum atomic E-state index is 12.1. The van der Waals surface area contributed by atoms with Crippen molar-refractivity contribution in [1.29, 1.82) is 0 Å². The van der Waals surface area contributed by atoms with E-state index in [2.05, 4.69) is 15.1 Å². The summed E-state index contributed by atoms with van der Waals surface area (Å²) >= 11 is 0. The number of aromatic nitrogens is 2. The van der Waals surface area contributed by atoms with Gasteiger partial charge in [0.2, 0.25) is 5.91 Å². The molecule has 23 heavy (non-hydrogen) atoms. The van der Waals surface area contributed by atoms with E-state index < -0.39 is 0 Å². The molecule has 0 radical (unpaired) electrons. The molecule has 1 aliphatic heterocycles. The number of unbranched alkanes of at least 4 members (excludes halogenated alkanes) is 3. The second-order valence-electron chi connectivity index (χ2n) is 5.40. The van der Waals surface area contributed by atoms with E-state index in [1.165, 1.54) is 0 Å². The number of amides is 1. The first-order valence-electron chi connectivity index (χ1n) is 7.82. The molecule has 0 spiro atoms. The number of piperazine rings is 1. The molecule has 0 saturated carbocycles. The number of hydrogen-bond acceptors (Lipinski definition) is 5. The molecule has 132 valence electrons. The minimum atomic E-state index is 0. The molecule has 1 amide bonds. The number of rotatable bonds is 7. The van der Waals surface area contributed by atoms with Crippen molar-refractivity contribution in [2.75, 3.05) is 37.6 Å². The zero-order valence-electron chi connectivity index (χ0n) is 13.4. The molecule has 2 N–H and O–H groups in total. The first-order valence-corrected chi connectivity index (χ1v) is 7.82. The fourth-order valence-corrected chi connectivity index (χ4v) is 2.58. The summed E-state index contributed by atoms with van der Waals surface area (Å²) in [6, 6.07) is 3.85. The lowest BCUT2D eigenvalue weighted by Crippen LogP contribution is -2.49. The Labute approximate surface area is 150 Å². The largest absolute Gasteiger partial charge is 0.352 e. The van der Waals surface area contributed by atoms with E-state index in [1.807, 2.05) is 17.0 Å². The van der Waals surface area contributed by atoms with Gasteiger partial charge in [0.25, 0.3) is 0 Å². The Hall–Kier alpha value is -1.11. The van der Waals surface area contributed by atoms with Gasteiger partial charge in [-0.25, -0.2) is 0 Å². The van der Waals surface area contributed by atoms with Gasteiger partial charge < -0.3 is 15.5 Å². The van der Waals surface area contributed by atoms with Crippen molar-refractivity contribution < 1.29 is 4.79 Å². The van der Waals surface area contributed by atoms with Gasteiger partial charge >= 0.3 is 0 Å². The second-order valence-corrected chi connectivity index (χ2v) is 5.40. The van der Waals surface area contributed by atoms with Crippen LogP contribution in [-0.4, -0.2) is 53.7 Å². The van der Waals surface area contributed by atoms with Crippen molar-refractivity contribution in [3.8, 4) is 0 Å². The first-order chi connectivity index (χ1) is 10.3. The van der Waals surface area contributed by atoms with Crippen LogP contribution in [0.25, 0.3) is 0 Å². The van der Waals surface area contributed by atoms with E-state index in [4.69, 9.17) is 5.73 Å². The van der Waals surface area contributed by atoms with Crippen molar-refractivity contribution in [1.82, 2.24) is 15.1 Å². The minimum Gasteiger partial charge on any atom is -0.352 e. The molecule has 0 atom stereocenters. The zero-order valence-corrected chi connectivity index (χ0v) is 15.0. The molecule has 2 heterocycles. The second kappa shape index (κ2) is 12.3. The maximum Gasteiger partial charge on any atom is 0.222 e. The monoisotopic (exact) mass is 363 g/mol. The van der Waals surface area contributed by atoms with Gasteiger partial charge in [-0.3, -0.25) is 4.79 Å². The summed E-state index contributed by atoms with van der Waals surface area (Å²) in [5, 5.41) is 8.01. The molecule has 1 saturated heterocycles. The minimum absolute atomic E-state index is 0. The van der Waals surface area contributed by atoms with Crippen LogP contribution in [0.3, 0.4) is 0 Å². The van der Waals surface area contributed by atoms with Gasteiger partial charge in [0.1, 0.15) is 0 Å². The topological polar surface area (TPSA) is 75.4 Å². The maximum absolute atomic E-state index is 12.1. The van der Waals surface area contributed by atoms with Crippen molar-refractivity contribution in [3.63, 3.8) is 0 Å². The quantitative estimate of drug-likeness (QED) is 0.748. The highest BCUT2D eigenvalue weighted by molar-refractivity contribution is 5.85. The van der Waals surface area contributed by atoms with Crippen molar-refractivity contribution in [2.45, 2.75) is 32.1 Å². The van der Waals surface area contributed by atoms with E-state index in [0.717, 1.165) is 64.2 Å². The van der Waals surface area contributed by atoms with E-state index >= 15 is 0 Å². The normalized spacial score (nSPS) is 14.0. The summed E-state index contributed by atoms with van der Waals surface area (Å²) in [7, 11) is 0. The molecule has 0 unspecified atom stereocenters. The Morgan fingerprint density at radius 3 is 2.39 bits per heavy atom. The number of nitrogens with two attached hydrogens (primary N) is 1. The van der Waals surface area contributed by atoms with E-state index in [0.29, 0.717) is 6.42 Å². The van der Waals surface area contributed by atoms with Crippen LogP contribution >= 0.6 is 24.8 Å². The van der Waals surface area contributed by atoms with Crippen LogP contribution in [-0.2, 0) is 4.79 Å². The highest BCUT2D eigenvalue weighted by atomic mass is 35.5. The fourth-order valence-electron chi connectivity index (χ4n) is 2.58. The highest BCUT2D eigenvalue weighted by Gasteiger charge is 2.21. The van der Waals surface area contributed by atoms with Crippen LogP contribution in [0, 0.1) is 0 Å². The molecule has 0 aliphatic carbocycles. The Morgan fingerprint density at radius 1 is 1.09 bits per heavy atom. The Morgan fingerprint density at radius 2 is 1.78 bits per heavy atom. The van der Waals surface area contributed by atoms with Crippen molar-refractivity contribution in [3.05, 3.63) is 18.3 Å². The molecule has 1 fully saturated rings. The Balaban J connectivity index is 0.00000242. The molecule has 1 aliphatic rings. The van der Waals surface area contributed by atoms with Crippen LogP contribution in [0.5, 0.6) is 0 Å². The molecule has 0 bridgehead atoms. The van der Waals surface area contributed by atoms with E-state index in [-0.39, 0.29) is 30.7 Å². The lowest BCUT2D eigenvalue weighted by molar-refractivity contribution is -0.131. The molecular weight excluding hydrogens is 337 g/mol. The van der Waals surface area contributed by atoms with Crippen LogP contribution in [0.1, 0.15) is 32.1 Å².